The number of rotatable bonds is 22. The van der Waals surface area contributed by atoms with E-state index in [0.717, 1.165) is 6.92 Å². The Kier molecular flexibility index (Phi) is 30.9. The molecule has 0 radical (unpaired) electrons. The van der Waals surface area contributed by atoms with E-state index in [0.29, 0.717) is 0 Å². The number of aliphatic hydroxyl groups excluding tert-OH is 2. The van der Waals surface area contributed by atoms with Crippen LogP contribution in [0.15, 0.2) is 9.98 Å². The summed E-state index contributed by atoms with van der Waals surface area (Å²) in [7, 11) is 0. The van der Waals surface area contributed by atoms with Crippen LogP contribution in [0.1, 0.15) is 91.9 Å². The predicted molar refractivity (Wildman–Crippen MR) is 278 cm³/mol. The zero-order valence-corrected chi connectivity index (χ0v) is 44.3. The standard InChI is InChI=1S/C44H79N17O14S/c1-6-21(2)31-40(73)61-32(23(4)63)41(74)59-29(20-62)39(72)53-22(3)33(66)54-28(15-19-76-5)37(70)58-27(13-14-30(64)65)36(69)56-24(10-7-16-50-42(45)46)34(67)55-25(12-9-18-52-44(49)75)35(68)57-26(38(71)60-31)11-8-17-51-43(47)48/h21-29,31-32,62-63H,6-20H2,1-5H3,(H,53,72)(H,54,66)(H,55,67)(H,56,69)(H,57,68)(H,58,70)(H,59,74)(H,60,71)(H,61,73)(H,64,65)(H4,45,46,50)(H4,47,48,51)(H3,49,52,75)/t21-,22-,23+,24-,25-,26-,27-,28-,29-,31-,32-/m0/s1. The number of nitrogens with one attached hydrogen (secondary N) is 10. The molecular weight excluding hydrogens is 1020 g/mol. The molecular formula is C44H79N17O14S. The van der Waals surface area contributed by atoms with Crippen molar-refractivity contribution in [2.45, 2.75) is 152 Å². The number of aliphatic carboxylic acids is 1. The highest BCUT2D eigenvalue weighted by Crippen LogP contribution is 2.13. The largest absolute Gasteiger partial charge is 0.481 e. The molecule has 0 spiro atoms. The Hall–Kier alpha value is -7.22. The van der Waals surface area contributed by atoms with Crippen molar-refractivity contribution in [2.24, 2.45) is 44.6 Å². The first-order valence-electron chi connectivity index (χ1n) is 24.6. The summed E-state index contributed by atoms with van der Waals surface area (Å²) >= 11 is 1.28. The van der Waals surface area contributed by atoms with Gasteiger partial charge in [0.05, 0.1) is 12.7 Å². The lowest BCUT2D eigenvalue weighted by Gasteiger charge is -2.30. The van der Waals surface area contributed by atoms with Crippen molar-refractivity contribution in [2.75, 3.05) is 38.2 Å². The summed E-state index contributed by atoms with van der Waals surface area (Å²) in [5.74, 6) is -11.5. The van der Waals surface area contributed by atoms with E-state index in [4.69, 9.17) is 28.7 Å². The number of aliphatic imine (C=N–C) groups is 2. The fraction of sp³-hybridized carbons (Fsp3) is 0.705. The summed E-state index contributed by atoms with van der Waals surface area (Å²) in [5, 5.41) is 54.9. The molecule has 0 aromatic heterocycles. The van der Waals surface area contributed by atoms with E-state index in [1.807, 2.05) is 0 Å². The average Bonchev–Trinajstić information content (AvgIpc) is 3.35. The van der Waals surface area contributed by atoms with Crippen molar-refractivity contribution in [3.8, 4) is 0 Å². The number of carboxylic acids is 1. The van der Waals surface area contributed by atoms with Crippen molar-refractivity contribution in [1.82, 2.24) is 53.2 Å². The molecule has 1 fully saturated rings. The van der Waals surface area contributed by atoms with E-state index in [2.05, 4.69) is 63.2 Å². The van der Waals surface area contributed by atoms with Crippen LogP contribution in [0.25, 0.3) is 0 Å². The number of hydrogen-bond donors (Lipinski definition) is 18. The minimum absolute atomic E-state index is 0.00193. The van der Waals surface area contributed by atoms with Gasteiger partial charge in [0.25, 0.3) is 0 Å². The molecule has 31 nitrogen and oxygen atoms in total. The van der Waals surface area contributed by atoms with Gasteiger partial charge in [0.2, 0.25) is 53.2 Å². The molecule has 430 valence electrons. The maximum atomic E-state index is 14.4. The molecule has 0 bridgehead atoms. The molecule has 1 heterocycles. The molecule has 76 heavy (non-hydrogen) atoms. The van der Waals surface area contributed by atoms with E-state index in [1.54, 1.807) is 20.1 Å². The monoisotopic (exact) mass is 1100 g/mol. The van der Waals surface area contributed by atoms with Gasteiger partial charge in [-0.25, -0.2) is 4.79 Å². The number of amides is 11. The van der Waals surface area contributed by atoms with Crippen LogP contribution in [0, 0.1) is 5.92 Å². The fourth-order valence-electron chi connectivity index (χ4n) is 7.20. The predicted octanol–water partition coefficient (Wildman–Crippen LogP) is -7.02. The third kappa shape index (κ3) is 25.3. The quantitative estimate of drug-likeness (QED) is 0.0272. The second kappa shape index (κ2) is 35.1. The van der Waals surface area contributed by atoms with Crippen LogP contribution in [-0.2, 0) is 47.9 Å². The number of nitrogens with two attached hydrogens (primary N) is 5. The second-order valence-electron chi connectivity index (χ2n) is 17.9. The Morgan fingerprint density at radius 3 is 1.39 bits per heavy atom. The lowest BCUT2D eigenvalue weighted by Crippen LogP contribution is -2.63. The first kappa shape index (κ1) is 66.8. The number of nitrogens with zero attached hydrogens (tertiary/aromatic N) is 2. The molecule has 0 saturated carbocycles. The molecule has 0 aromatic carbocycles. The third-order valence-electron chi connectivity index (χ3n) is 11.7. The molecule has 0 aromatic rings. The average molecular weight is 1100 g/mol. The van der Waals surface area contributed by atoms with E-state index < -0.39 is 151 Å². The zero-order valence-electron chi connectivity index (χ0n) is 43.5. The Morgan fingerprint density at radius 1 is 0.579 bits per heavy atom. The Balaban J connectivity index is 4.15. The van der Waals surface area contributed by atoms with Crippen LogP contribution in [0.2, 0.25) is 0 Å². The van der Waals surface area contributed by atoms with Crippen LogP contribution in [0.3, 0.4) is 0 Å². The van der Waals surface area contributed by atoms with Crippen LogP contribution >= 0.6 is 11.8 Å². The van der Waals surface area contributed by atoms with E-state index in [9.17, 15) is 68.1 Å². The minimum Gasteiger partial charge on any atom is -0.481 e. The number of guanidine groups is 2. The van der Waals surface area contributed by atoms with E-state index in [-0.39, 0.29) is 88.7 Å². The molecule has 1 saturated heterocycles. The highest BCUT2D eigenvalue weighted by atomic mass is 32.2. The highest BCUT2D eigenvalue weighted by Gasteiger charge is 2.37. The number of thioether (sulfide) groups is 1. The van der Waals surface area contributed by atoms with Crippen molar-refractivity contribution in [3.63, 3.8) is 0 Å². The Labute approximate surface area is 444 Å². The second-order valence-corrected chi connectivity index (χ2v) is 18.9. The SMILES string of the molecule is CC[C@H](C)[C@@H]1NC(=O)[C@H](CCCN=C(N)N)NC(=O)[C@H](CCCNC(N)=O)NC(=O)[C@H](CCCN=C(N)N)NC(=O)[C@H](CCC(=O)O)NC(=O)[C@H](CCSC)NC(=O)[C@H](C)NC(=O)[C@H](CO)NC(=O)[C@H]([C@@H](C)O)NC1=O. The van der Waals surface area contributed by atoms with Gasteiger partial charge in [-0.15, -0.1) is 0 Å². The first-order valence-corrected chi connectivity index (χ1v) is 26.0. The smallest absolute Gasteiger partial charge is 0.312 e. The van der Waals surface area contributed by atoms with E-state index >= 15 is 0 Å². The van der Waals surface area contributed by atoms with Gasteiger partial charge in [-0.05, 0) is 83.1 Å². The van der Waals surface area contributed by atoms with Gasteiger partial charge in [0.15, 0.2) is 11.9 Å². The molecule has 1 rings (SSSR count). The zero-order chi connectivity index (χ0) is 57.7. The number of urea groups is 1. The van der Waals surface area contributed by atoms with Crippen LogP contribution in [0.4, 0.5) is 4.79 Å². The van der Waals surface area contributed by atoms with E-state index in [1.165, 1.54) is 18.7 Å². The van der Waals surface area contributed by atoms with Crippen molar-refractivity contribution >= 4 is 88.8 Å². The number of hydrogen-bond acceptors (Lipinski definition) is 16. The normalized spacial score (nSPS) is 24.9. The van der Waals surface area contributed by atoms with Crippen LogP contribution in [0.5, 0.6) is 0 Å². The first-order chi connectivity index (χ1) is 35.8. The molecule has 1 aliphatic rings. The minimum atomic E-state index is -1.81. The summed E-state index contributed by atoms with van der Waals surface area (Å²) in [6.07, 6.45) is -1.49. The summed E-state index contributed by atoms with van der Waals surface area (Å²) in [6.45, 7) is 4.40. The van der Waals surface area contributed by atoms with Crippen LogP contribution in [-0.4, -0.2) is 191 Å². The number of aliphatic hydroxyl groups is 2. The third-order valence-corrected chi connectivity index (χ3v) is 12.3. The van der Waals surface area contributed by atoms with Gasteiger partial charge in [-0.2, -0.15) is 11.8 Å². The molecule has 0 unspecified atom stereocenters. The maximum absolute atomic E-state index is 14.4. The molecule has 23 N–H and O–H groups in total. The van der Waals surface area contributed by atoms with Gasteiger partial charge in [0, 0.05) is 26.1 Å². The maximum Gasteiger partial charge on any atom is 0.312 e. The molecule has 0 aliphatic carbocycles. The van der Waals surface area contributed by atoms with Crippen molar-refractivity contribution < 1.29 is 68.1 Å². The molecule has 11 atom stereocenters. The van der Waals surface area contributed by atoms with Gasteiger partial charge in [-0.1, -0.05) is 20.3 Å². The van der Waals surface area contributed by atoms with Crippen molar-refractivity contribution in [3.05, 3.63) is 0 Å². The lowest BCUT2D eigenvalue weighted by molar-refractivity contribution is -0.138. The summed E-state index contributed by atoms with van der Waals surface area (Å²) in [6, 6.07) is -15.1. The van der Waals surface area contributed by atoms with Gasteiger partial charge < -0.3 is 97.2 Å². The summed E-state index contributed by atoms with van der Waals surface area (Å²) < 4.78 is 0. The van der Waals surface area contributed by atoms with Crippen LogP contribution < -0.4 is 81.8 Å². The van der Waals surface area contributed by atoms with Gasteiger partial charge in [0.1, 0.15) is 54.4 Å². The molecule has 32 heteroatoms. The lowest BCUT2D eigenvalue weighted by atomic mass is 9.96. The summed E-state index contributed by atoms with van der Waals surface area (Å²) in [4.78, 5) is 157. The highest BCUT2D eigenvalue weighted by molar-refractivity contribution is 7.98. The van der Waals surface area contributed by atoms with Crippen molar-refractivity contribution in [1.29, 1.82) is 0 Å². The number of primary amides is 1. The molecule has 11 amide bonds. The van der Waals surface area contributed by atoms with Gasteiger partial charge >= 0.3 is 12.0 Å². The number of carboxylic acid groups (broad SMARTS) is 1. The molecule has 1 aliphatic heterocycles. The number of carbonyl (C=O) groups is 11. The fourth-order valence-corrected chi connectivity index (χ4v) is 7.67. The Bertz CT molecular complexity index is 2060. The topological polar surface area (TPSA) is 524 Å². The summed E-state index contributed by atoms with van der Waals surface area (Å²) in [5.41, 5.74) is 27.2. The van der Waals surface area contributed by atoms with Gasteiger partial charge in [-0.3, -0.25) is 57.9 Å². The number of carbonyl (C=O) groups excluding carboxylic acids is 10. The Morgan fingerprint density at radius 2 is 0.974 bits per heavy atom.